The Balaban J connectivity index is 1.75. The standard InChI is InChI=1S/C21H24N2O4S2/c1-3-15-6-4-5-7-17(15)22-21(25)12-14(2)29(26,27)16-8-9-19-18(13-16)23-20(24)10-11-28-19/h4-9,13-14H,3,10-12H2,1-2H3,(H,22,25)(H,23,24). The van der Waals surface area contributed by atoms with E-state index in [2.05, 4.69) is 10.6 Å². The number of carbonyl (C=O) groups excluding carboxylic acids is 2. The number of benzene rings is 2. The topological polar surface area (TPSA) is 92.3 Å². The molecular weight excluding hydrogens is 408 g/mol. The molecule has 1 aliphatic heterocycles. The van der Waals surface area contributed by atoms with Gasteiger partial charge in [-0.3, -0.25) is 9.59 Å². The summed E-state index contributed by atoms with van der Waals surface area (Å²) in [5.41, 5.74) is 2.21. The van der Waals surface area contributed by atoms with E-state index >= 15 is 0 Å². The minimum atomic E-state index is -3.73. The first-order chi connectivity index (χ1) is 13.8. The highest BCUT2D eigenvalue weighted by Crippen LogP contribution is 2.33. The highest BCUT2D eigenvalue weighted by molar-refractivity contribution is 7.99. The molecule has 1 heterocycles. The molecule has 2 aromatic carbocycles. The molecule has 0 fully saturated rings. The maximum absolute atomic E-state index is 13.0. The number of rotatable bonds is 6. The van der Waals surface area contributed by atoms with E-state index in [1.54, 1.807) is 12.1 Å². The van der Waals surface area contributed by atoms with Gasteiger partial charge in [0.15, 0.2) is 9.84 Å². The summed E-state index contributed by atoms with van der Waals surface area (Å²) >= 11 is 1.51. The summed E-state index contributed by atoms with van der Waals surface area (Å²) in [5.74, 6) is 0.175. The molecule has 1 atom stereocenters. The first-order valence-corrected chi connectivity index (χ1v) is 12.0. The average molecular weight is 433 g/mol. The van der Waals surface area contributed by atoms with Gasteiger partial charge in [0.05, 0.1) is 15.8 Å². The van der Waals surface area contributed by atoms with Gasteiger partial charge in [-0.05, 0) is 43.2 Å². The van der Waals surface area contributed by atoms with Crippen LogP contribution in [0.15, 0.2) is 52.3 Å². The van der Waals surface area contributed by atoms with E-state index in [4.69, 9.17) is 0 Å². The summed E-state index contributed by atoms with van der Waals surface area (Å²) in [6.07, 6.45) is 0.999. The van der Waals surface area contributed by atoms with Crippen LogP contribution in [0.1, 0.15) is 32.3 Å². The summed E-state index contributed by atoms with van der Waals surface area (Å²) in [6.45, 7) is 3.52. The predicted molar refractivity (Wildman–Crippen MR) is 116 cm³/mol. The maximum atomic E-state index is 13.0. The fourth-order valence-electron chi connectivity index (χ4n) is 3.13. The van der Waals surface area contributed by atoms with Crippen LogP contribution in [0, 0.1) is 0 Å². The maximum Gasteiger partial charge on any atom is 0.225 e. The molecular formula is C21H24N2O4S2. The molecule has 8 heteroatoms. The Kier molecular flexibility index (Phi) is 6.64. The zero-order valence-corrected chi connectivity index (χ0v) is 18.0. The van der Waals surface area contributed by atoms with Gasteiger partial charge < -0.3 is 10.6 Å². The fourth-order valence-corrected chi connectivity index (χ4v) is 5.44. The Hall–Kier alpha value is -2.32. The molecule has 154 valence electrons. The lowest BCUT2D eigenvalue weighted by molar-refractivity contribution is -0.116. The number of nitrogens with one attached hydrogen (secondary N) is 2. The highest BCUT2D eigenvalue weighted by Gasteiger charge is 2.27. The Morgan fingerprint density at radius 1 is 1.24 bits per heavy atom. The molecule has 1 unspecified atom stereocenters. The van der Waals surface area contributed by atoms with Crippen molar-refractivity contribution in [2.45, 2.75) is 48.2 Å². The van der Waals surface area contributed by atoms with Crippen LogP contribution in [0.2, 0.25) is 0 Å². The molecule has 0 aliphatic carbocycles. The number of anilines is 2. The van der Waals surface area contributed by atoms with E-state index in [9.17, 15) is 18.0 Å². The van der Waals surface area contributed by atoms with Gasteiger partial charge in [-0.1, -0.05) is 25.1 Å². The van der Waals surface area contributed by atoms with Crippen LogP contribution in [-0.4, -0.2) is 31.2 Å². The molecule has 0 saturated carbocycles. The lowest BCUT2D eigenvalue weighted by atomic mass is 10.1. The quantitative estimate of drug-likeness (QED) is 0.723. The van der Waals surface area contributed by atoms with E-state index < -0.39 is 15.1 Å². The molecule has 3 rings (SSSR count). The third kappa shape index (κ3) is 5.00. The van der Waals surface area contributed by atoms with Crippen LogP contribution in [0.25, 0.3) is 0 Å². The first kappa shape index (κ1) is 21.4. The second kappa shape index (κ2) is 9.00. The van der Waals surface area contributed by atoms with Gasteiger partial charge in [0.1, 0.15) is 0 Å². The highest BCUT2D eigenvalue weighted by atomic mass is 32.2. The third-order valence-corrected chi connectivity index (χ3v) is 8.03. The summed E-state index contributed by atoms with van der Waals surface area (Å²) in [6, 6.07) is 12.2. The second-order valence-corrected chi connectivity index (χ2v) is 10.4. The molecule has 0 radical (unpaired) electrons. The number of aryl methyl sites for hydroxylation is 1. The van der Waals surface area contributed by atoms with Gasteiger partial charge in [0.25, 0.3) is 0 Å². The summed E-state index contributed by atoms with van der Waals surface area (Å²) in [5, 5.41) is 4.67. The molecule has 0 bridgehead atoms. The van der Waals surface area contributed by atoms with Crippen LogP contribution in [-0.2, 0) is 25.8 Å². The van der Waals surface area contributed by atoms with E-state index in [0.29, 0.717) is 23.5 Å². The van der Waals surface area contributed by atoms with Crippen molar-refractivity contribution in [3.63, 3.8) is 0 Å². The van der Waals surface area contributed by atoms with Crippen molar-refractivity contribution in [3.8, 4) is 0 Å². The predicted octanol–water partition coefficient (Wildman–Crippen LogP) is 3.87. The smallest absolute Gasteiger partial charge is 0.225 e. The lowest BCUT2D eigenvalue weighted by Crippen LogP contribution is -2.25. The second-order valence-electron chi connectivity index (χ2n) is 6.92. The average Bonchev–Trinajstić information content (AvgIpc) is 2.88. The van der Waals surface area contributed by atoms with Crippen molar-refractivity contribution in [1.82, 2.24) is 0 Å². The molecule has 2 amide bonds. The van der Waals surface area contributed by atoms with E-state index in [-0.39, 0.29) is 23.1 Å². The lowest BCUT2D eigenvalue weighted by Gasteiger charge is -2.16. The third-order valence-electron chi connectivity index (χ3n) is 4.82. The summed E-state index contributed by atoms with van der Waals surface area (Å²) < 4.78 is 26.0. The van der Waals surface area contributed by atoms with E-state index in [1.807, 2.05) is 31.2 Å². The van der Waals surface area contributed by atoms with Gasteiger partial charge in [0.2, 0.25) is 11.8 Å². The van der Waals surface area contributed by atoms with Crippen molar-refractivity contribution < 1.29 is 18.0 Å². The van der Waals surface area contributed by atoms with Gasteiger partial charge in [-0.2, -0.15) is 0 Å². The molecule has 6 nitrogen and oxygen atoms in total. The molecule has 0 aromatic heterocycles. The summed E-state index contributed by atoms with van der Waals surface area (Å²) in [4.78, 5) is 25.2. The SMILES string of the molecule is CCc1ccccc1NC(=O)CC(C)S(=O)(=O)c1ccc2c(c1)NC(=O)CCS2. The Morgan fingerprint density at radius 2 is 2.00 bits per heavy atom. The van der Waals surface area contributed by atoms with Crippen molar-refractivity contribution in [2.75, 3.05) is 16.4 Å². The molecule has 0 saturated heterocycles. The fraction of sp³-hybridized carbons (Fsp3) is 0.333. The molecule has 0 spiro atoms. The molecule has 2 aromatic rings. The van der Waals surface area contributed by atoms with Crippen molar-refractivity contribution in [2.24, 2.45) is 0 Å². The van der Waals surface area contributed by atoms with Crippen LogP contribution in [0.5, 0.6) is 0 Å². The number of sulfone groups is 1. The monoisotopic (exact) mass is 432 g/mol. The summed E-state index contributed by atoms with van der Waals surface area (Å²) in [7, 11) is -3.73. The largest absolute Gasteiger partial charge is 0.326 e. The zero-order valence-electron chi connectivity index (χ0n) is 16.4. The van der Waals surface area contributed by atoms with Crippen LogP contribution in [0.3, 0.4) is 0 Å². The zero-order chi connectivity index (χ0) is 21.0. The molecule has 29 heavy (non-hydrogen) atoms. The Morgan fingerprint density at radius 3 is 2.76 bits per heavy atom. The molecule has 2 N–H and O–H groups in total. The Bertz CT molecular complexity index is 1030. The van der Waals surface area contributed by atoms with Crippen LogP contribution in [0.4, 0.5) is 11.4 Å². The van der Waals surface area contributed by atoms with E-state index in [0.717, 1.165) is 16.9 Å². The minimum absolute atomic E-state index is 0.105. The number of thioether (sulfide) groups is 1. The number of amides is 2. The number of hydrogen-bond donors (Lipinski definition) is 2. The van der Waals surface area contributed by atoms with E-state index in [1.165, 1.54) is 24.8 Å². The first-order valence-electron chi connectivity index (χ1n) is 9.49. The number of fused-ring (bicyclic) bond motifs is 1. The number of hydrogen-bond acceptors (Lipinski definition) is 5. The van der Waals surface area contributed by atoms with Crippen molar-refractivity contribution in [1.29, 1.82) is 0 Å². The van der Waals surface area contributed by atoms with Gasteiger partial charge in [-0.25, -0.2) is 8.42 Å². The van der Waals surface area contributed by atoms with Crippen LogP contribution >= 0.6 is 11.8 Å². The van der Waals surface area contributed by atoms with Gasteiger partial charge in [0, 0.05) is 29.2 Å². The molecule has 1 aliphatic rings. The van der Waals surface area contributed by atoms with Crippen LogP contribution < -0.4 is 10.6 Å². The van der Waals surface area contributed by atoms with Crippen molar-refractivity contribution in [3.05, 3.63) is 48.0 Å². The number of para-hydroxylation sites is 1. The van der Waals surface area contributed by atoms with Gasteiger partial charge in [-0.15, -0.1) is 11.8 Å². The van der Waals surface area contributed by atoms with Crippen molar-refractivity contribution >= 4 is 44.8 Å². The minimum Gasteiger partial charge on any atom is -0.326 e. The van der Waals surface area contributed by atoms with Gasteiger partial charge >= 0.3 is 0 Å². The Labute approximate surface area is 175 Å². The number of carbonyl (C=O) groups is 2. The normalized spacial score (nSPS) is 15.0.